The first-order valence-corrected chi connectivity index (χ1v) is 9.33. The first kappa shape index (κ1) is 15.1. The van der Waals surface area contributed by atoms with Gasteiger partial charge in [-0.05, 0) is 31.4 Å². The van der Waals surface area contributed by atoms with Gasteiger partial charge in [0.1, 0.15) is 0 Å². The smallest absolute Gasteiger partial charge is 0.319 e. The van der Waals surface area contributed by atoms with E-state index in [4.69, 9.17) is 0 Å². The number of carbonyl (C=O) groups excluding carboxylic acids is 1. The maximum atomic E-state index is 12.1. The summed E-state index contributed by atoms with van der Waals surface area (Å²) in [5.74, 6) is 0.935. The van der Waals surface area contributed by atoms with Crippen molar-refractivity contribution in [2.45, 2.75) is 25.3 Å². The minimum absolute atomic E-state index is 0.0203. The van der Waals surface area contributed by atoms with Crippen LogP contribution in [-0.4, -0.2) is 50.1 Å². The molecule has 0 spiro atoms. The molecule has 1 aromatic rings. The minimum atomic E-state index is -3.00. The summed E-state index contributed by atoms with van der Waals surface area (Å²) >= 11 is 0. The zero-order valence-corrected chi connectivity index (χ0v) is 13.1. The average Bonchev–Trinajstić information content (AvgIpc) is 3.09. The van der Waals surface area contributed by atoms with Gasteiger partial charge < -0.3 is 15.5 Å². The third kappa shape index (κ3) is 3.49. The quantitative estimate of drug-likeness (QED) is 0.865. The number of hydrogen-bond donors (Lipinski definition) is 2. The number of hydrogen-bond acceptors (Lipinski definition) is 5. The van der Waals surface area contributed by atoms with Crippen LogP contribution in [0.5, 0.6) is 0 Å². The van der Waals surface area contributed by atoms with Gasteiger partial charge in [0.2, 0.25) is 0 Å². The summed E-state index contributed by atoms with van der Waals surface area (Å²) < 4.78 is 22.8. The molecule has 8 heteroatoms. The van der Waals surface area contributed by atoms with Gasteiger partial charge in [-0.3, -0.25) is 0 Å². The van der Waals surface area contributed by atoms with E-state index in [9.17, 15) is 13.2 Å². The van der Waals surface area contributed by atoms with E-state index in [0.29, 0.717) is 12.1 Å². The Labute approximate surface area is 130 Å². The number of anilines is 2. The lowest BCUT2D eigenvalue weighted by molar-refractivity contribution is 0.249. The van der Waals surface area contributed by atoms with Crippen LogP contribution in [0.1, 0.15) is 19.3 Å². The molecule has 22 heavy (non-hydrogen) atoms. The lowest BCUT2D eigenvalue weighted by Crippen LogP contribution is -2.39. The van der Waals surface area contributed by atoms with E-state index in [1.807, 2.05) is 6.07 Å². The van der Waals surface area contributed by atoms with E-state index in [-0.39, 0.29) is 23.6 Å². The average molecular weight is 324 g/mol. The van der Waals surface area contributed by atoms with Crippen molar-refractivity contribution in [1.82, 2.24) is 10.3 Å². The maximum absolute atomic E-state index is 12.1. The largest absolute Gasteiger partial charge is 0.355 e. The van der Waals surface area contributed by atoms with Crippen molar-refractivity contribution in [3.8, 4) is 0 Å². The number of nitrogens with one attached hydrogen (secondary N) is 2. The molecule has 1 aromatic heterocycles. The topological polar surface area (TPSA) is 91.4 Å². The molecular weight excluding hydrogens is 304 g/mol. The number of nitrogens with zero attached hydrogens (tertiary/aromatic N) is 2. The van der Waals surface area contributed by atoms with Crippen LogP contribution in [0.15, 0.2) is 18.3 Å². The summed E-state index contributed by atoms with van der Waals surface area (Å²) in [5.41, 5.74) is 0.655. The van der Waals surface area contributed by atoms with Crippen LogP contribution < -0.4 is 15.5 Å². The summed E-state index contributed by atoms with van der Waals surface area (Å²) in [5, 5.41) is 5.52. The highest BCUT2D eigenvalue weighted by molar-refractivity contribution is 7.91. The fraction of sp³-hybridized carbons (Fsp3) is 0.571. The van der Waals surface area contributed by atoms with Gasteiger partial charge in [0.25, 0.3) is 0 Å². The summed E-state index contributed by atoms with van der Waals surface area (Å²) in [6, 6.07) is 2.90. The van der Waals surface area contributed by atoms with E-state index < -0.39 is 9.84 Å². The summed E-state index contributed by atoms with van der Waals surface area (Å²) in [6.45, 7) is 1.88. The molecule has 0 bridgehead atoms. The molecule has 2 aliphatic rings. The molecule has 0 aliphatic carbocycles. The van der Waals surface area contributed by atoms with Crippen LogP contribution in [0, 0.1) is 0 Å². The number of rotatable bonds is 3. The van der Waals surface area contributed by atoms with Crippen molar-refractivity contribution in [1.29, 1.82) is 0 Å². The molecule has 0 radical (unpaired) electrons. The zero-order chi connectivity index (χ0) is 15.6. The van der Waals surface area contributed by atoms with E-state index in [1.165, 1.54) is 0 Å². The Morgan fingerprint density at radius 2 is 2.09 bits per heavy atom. The molecule has 0 aromatic carbocycles. The van der Waals surface area contributed by atoms with Crippen LogP contribution >= 0.6 is 0 Å². The predicted molar refractivity (Wildman–Crippen MR) is 84.9 cm³/mol. The van der Waals surface area contributed by atoms with Crippen molar-refractivity contribution in [3.05, 3.63) is 18.3 Å². The monoisotopic (exact) mass is 324 g/mol. The number of pyridine rings is 1. The standard InChI is InChI=1S/C14H20N4O3S/c19-14(16-11-5-9-22(20,21)10-11)17-12-4-3-6-15-13(12)18-7-1-2-8-18/h3-4,6,11H,1-2,5,7-10H2,(H2,16,17,19)/t11-/m1/s1. The molecule has 0 saturated carbocycles. The highest BCUT2D eigenvalue weighted by Crippen LogP contribution is 2.26. The van der Waals surface area contributed by atoms with Crippen molar-refractivity contribution >= 4 is 27.4 Å². The first-order valence-electron chi connectivity index (χ1n) is 7.51. The molecule has 0 unspecified atom stereocenters. The van der Waals surface area contributed by atoms with Crippen molar-refractivity contribution in [2.75, 3.05) is 34.8 Å². The zero-order valence-electron chi connectivity index (χ0n) is 12.3. The van der Waals surface area contributed by atoms with Gasteiger partial charge in [0.05, 0.1) is 17.2 Å². The van der Waals surface area contributed by atoms with Crippen molar-refractivity contribution < 1.29 is 13.2 Å². The van der Waals surface area contributed by atoms with Gasteiger partial charge >= 0.3 is 6.03 Å². The second kappa shape index (κ2) is 6.12. The lowest BCUT2D eigenvalue weighted by Gasteiger charge is -2.20. The normalized spacial score (nSPS) is 23.5. The molecular formula is C14H20N4O3S. The van der Waals surface area contributed by atoms with Gasteiger partial charge in [-0.25, -0.2) is 18.2 Å². The second-order valence-electron chi connectivity index (χ2n) is 5.77. The van der Waals surface area contributed by atoms with E-state index in [1.54, 1.807) is 12.3 Å². The van der Waals surface area contributed by atoms with Gasteiger partial charge in [-0.2, -0.15) is 0 Å². The number of aromatic nitrogens is 1. The molecule has 3 rings (SSSR count). The van der Waals surface area contributed by atoms with E-state index in [2.05, 4.69) is 20.5 Å². The molecule has 7 nitrogen and oxygen atoms in total. The number of sulfone groups is 1. The molecule has 3 heterocycles. The third-order valence-electron chi connectivity index (χ3n) is 4.01. The highest BCUT2D eigenvalue weighted by atomic mass is 32.2. The predicted octanol–water partition coefficient (Wildman–Crippen LogP) is 0.990. The number of amides is 2. The Kier molecular flexibility index (Phi) is 4.19. The van der Waals surface area contributed by atoms with Crippen molar-refractivity contribution in [2.24, 2.45) is 0 Å². The Balaban J connectivity index is 1.64. The first-order chi connectivity index (χ1) is 10.5. The van der Waals surface area contributed by atoms with Crippen LogP contribution in [0.4, 0.5) is 16.3 Å². The number of carbonyl (C=O) groups is 1. The minimum Gasteiger partial charge on any atom is -0.355 e. The Morgan fingerprint density at radius 1 is 1.32 bits per heavy atom. The van der Waals surface area contributed by atoms with Gasteiger partial charge in [-0.15, -0.1) is 0 Å². The Hall–Kier alpha value is -1.83. The van der Waals surface area contributed by atoms with Crippen LogP contribution in [0.25, 0.3) is 0 Å². The lowest BCUT2D eigenvalue weighted by atomic mass is 10.3. The molecule has 2 fully saturated rings. The molecule has 1 atom stereocenters. The fourth-order valence-electron chi connectivity index (χ4n) is 2.93. The fourth-order valence-corrected chi connectivity index (χ4v) is 4.60. The summed E-state index contributed by atoms with van der Waals surface area (Å²) in [7, 11) is -3.00. The van der Waals surface area contributed by atoms with E-state index in [0.717, 1.165) is 31.7 Å². The molecule has 2 N–H and O–H groups in total. The molecule has 120 valence electrons. The van der Waals surface area contributed by atoms with Crippen LogP contribution in [-0.2, 0) is 9.84 Å². The third-order valence-corrected chi connectivity index (χ3v) is 5.78. The molecule has 2 saturated heterocycles. The Bertz CT molecular complexity index is 656. The van der Waals surface area contributed by atoms with Crippen LogP contribution in [0.3, 0.4) is 0 Å². The molecule has 2 aliphatic heterocycles. The second-order valence-corrected chi connectivity index (χ2v) is 8.00. The van der Waals surface area contributed by atoms with Crippen LogP contribution in [0.2, 0.25) is 0 Å². The number of urea groups is 1. The van der Waals surface area contributed by atoms with Gasteiger partial charge in [0.15, 0.2) is 15.7 Å². The maximum Gasteiger partial charge on any atom is 0.319 e. The molecule has 2 amide bonds. The summed E-state index contributed by atoms with van der Waals surface area (Å²) in [4.78, 5) is 18.6. The van der Waals surface area contributed by atoms with Gasteiger partial charge in [0, 0.05) is 25.3 Å². The Morgan fingerprint density at radius 3 is 2.77 bits per heavy atom. The SMILES string of the molecule is O=C(Nc1cccnc1N1CCCC1)N[C@@H]1CCS(=O)(=O)C1. The van der Waals surface area contributed by atoms with E-state index >= 15 is 0 Å². The summed E-state index contributed by atoms with van der Waals surface area (Å²) in [6.07, 6.45) is 4.44. The van der Waals surface area contributed by atoms with Gasteiger partial charge in [-0.1, -0.05) is 0 Å². The van der Waals surface area contributed by atoms with Crippen molar-refractivity contribution in [3.63, 3.8) is 0 Å². The highest BCUT2D eigenvalue weighted by Gasteiger charge is 2.29.